The molecule has 0 bridgehead atoms. The van der Waals surface area contributed by atoms with Crippen LogP contribution in [0.5, 0.6) is 0 Å². The molecule has 0 saturated carbocycles. The summed E-state index contributed by atoms with van der Waals surface area (Å²) in [7, 11) is -3.27. The summed E-state index contributed by atoms with van der Waals surface area (Å²) >= 11 is 0. The van der Waals surface area contributed by atoms with Crippen molar-refractivity contribution in [2.45, 2.75) is 25.7 Å². The maximum Gasteiger partial charge on any atom is 0.211 e. The Kier molecular flexibility index (Phi) is 6.96. The standard InChI is InChI=1S/C12H20N4O3S/c13-12(16-17)3-1-2-7-15-20(18,19)10-6-11-4-8-14-9-5-11/h4-5,8-9,15,17H,1-3,6-7,10H2,(H2,13,16). The second-order valence-corrected chi connectivity index (χ2v) is 6.29. The van der Waals surface area contributed by atoms with Gasteiger partial charge in [-0.1, -0.05) is 5.16 Å². The Morgan fingerprint density at radius 1 is 1.35 bits per heavy atom. The largest absolute Gasteiger partial charge is 0.409 e. The molecule has 0 unspecified atom stereocenters. The number of nitrogens with two attached hydrogens (primary N) is 1. The van der Waals surface area contributed by atoms with E-state index in [1.165, 1.54) is 0 Å². The van der Waals surface area contributed by atoms with Crippen LogP contribution in [0.2, 0.25) is 0 Å². The fourth-order valence-corrected chi connectivity index (χ4v) is 2.69. The molecule has 1 heterocycles. The molecule has 1 aromatic rings. The second-order valence-electron chi connectivity index (χ2n) is 4.37. The molecule has 0 aliphatic carbocycles. The number of nitrogens with zero attached hydrogens (tertiary/aromatic N) is 2. The van der Waals surface area contributed by atoms with Crippen molar-refractivity contribution in [1.29, 1.82) is 0 Å². The Morgan fingerprint density at radius 2 is 2.05 bits per heavy atom. The lowest BCUT2D eigenvalue weighted by molar-refractivity contribution is 0.316. The van der Waals surface area contributed by atoms with Gasteiger partial charge >= 0.3 is 0 Å². The fraction of sp³-hybridized carbons (Fsp3) is 0.500. The Morgan fingerprint density at radius 3 is 2.70 bits per heavy atom. The van der Waals surface area contributed by atoms with Crippen molar-refractivity contribution in [3.05, 3.63) is 30.1 Å². The summed E-state index contributed by atoms with van der Waals surface area (Å²) in [5, 5.41) is 11.2. The first-order valence-corrected chi connectivity index (χ1v) is 8.01. The maximum absolute atomic E-state index is 11.7. The van der Waals surface area contributed by atoms with Crippen LogP contribution in [0.25, 0.3) is 0 Å². The molecule has 0 atom stereocenters. The van der Waals surface area contributed by atoms with E-state index >= 15 is 0 Å². The van der Waals surface area contributed by atoms with Crippen LogP contribution in [0.1, 0.15) is 24.8 Å². The monoisotopic (exact) mass is 300 g/mol. The Bertz CT molecular complexity index is 517. The molecule has 20 heavy (non-hydrogen) atoms. The number of aryl methyl sites for hydroxylation is 1. The molecular weight excluding hydrogens is 280 g/mol. The number of sulfonamides is 1. The van der Waals surface area contributed by atoms with E-state index in [0.29, 0.717) is 32.2 Å². The van der Waals surface area contributed by atoms with Crippen LogP contribution < -0.4 is 10.5 Å². The first-order valence-electron chi connectivity index (χ1n) is 6.36. The average Bonchev–Trinajstić information content (AvgIpc) is 2.45. The van der Waals surface area contributed by atoms with Crippen molar-refractivity contribution in [1.82, 2.24) is 9.71 Å². The number of hydrogen-bond donors (Lipinski definition) is 3. The minimum Gasteiger partial charge on any atom is -0.409 e. The Hall–Kier alpha value is -1.67. The number of hydrogen-bond acceptors (Lipinski definition) is 5. The molecule has 1 aromatic heterocycles. The highest BCUT2D eigenvalue weighted by Crippen LogP contribution is 2.00. The number of pyridine rings is 1. The number of oxime groups is 1. The molecule has 0 aromatic carbocycles. The van der Waals surface area contributed by atoms with Crippen molar-refractivity contribution < 1.29 is 13.6 Å². The summed E-state index contributed by atoms with van der Waals surface area (Å²) in [6.07, 6.45) is 5.51. The molecule has 0 amide bonds. The van der Waals surface area contributed by atoms with E-state index in [1.807, 2.05) is 0 Å². The molecular formula is C12H20N4O3S. The molecule has 0 aliphatic rings. The molecule has 0 spiro atoms. The maximum atomic E-state index is 11.7. The highest BCUT2D eigenvalue weighted by atomic mass is 32.2. The topological polar surface area (TPSA) is 118 Å². The summed E-state index contributed by atoms with van der Waals surface area (Å²) in [6.45, 7) is 0.359. The molecule has 8 heteroatoms. The number of nitrogens with one attached hydrogen (secondary N) is 1. The van der Waals surface area contributed by atoms with Gasteiger partial charge in [-0.25, -0.2) is 13.1 Å². The molecule has 112 valence electrons. The highest BCUT2D eigenvalue weighted by molar-refractivity contribution is 7.89. The minimum atomic E-state index is -3.27. The lowest BCUT2D eigenvalue weighted by atomic mass is 10.2. The normalized spacial score (nSPS) is 12.5. The van der Waals surface area contributed by atoms with Crippen molar-refractivity contribution in [2.75, 3.05) is 12.3 Å². The molecule has 1 rings (SSSR count). The summed E-state index contributed by atoms with van der Waals surface area (Å²) < 4.78 is 26.0. The van der Waals surface area contributed by atoms with Crippen LogP contribution in [-0.2, 0) is 16.4 Å². The summed E-state index contributed by atoms with van der Waals surface area (Å²) in [6, 6.07) is 3.60. The summed E-state index contributed by atoms with van der Waals surface area (Å²) in [5.74, 6) is 0.211. The number of amidine groups is 1. The van der Waals surface area contributed by atoms with E-state index in [1.54, 1.807) is 24.5 Å². The second kappa shape index (κ2) is 8.49. The van der Waals surface area contributed by atoms with Crippen LogP contribution in [0.4, 0.5) is 0 Å². The van der Waals surface area contributed by atoms with Gasteiger partial charge in [0.15, 0.2) is 0 Å². The third-order valence-electron chi connectivity index (χ3n) is 2.72. The van der Waals surface area contributed by atoms with Crippen molar-refractivity contribution in [3.8, 4) is 0 Å². The van der Waals surface area contributed by atoms with Crippen LogP contribution in [0.15, 0.2) is 29.7 Å². The van der Waals surface area contributed by atoms with Gasteiger partial charge in [0.2, 0.25) is 10.0 Å². The van der Waals surface area contributed by atoms with E-state index in [4.69, 9.17) is 10.9 Å². The van der Waals surface area contributed by atoms with Gasteiger partial charge in [-0.3, -0.25) is 4.98 Å². The quantitative estimate of drug-likeness (QED) is 0.201. The molecule has 0 radical (unpaired) electrons. The number of aromatic nitrogens is 1. The van der Waals surface area contributed by atoms with Gasteiger partial charge in [-0.05, 0) is 37.0 Å². The summed E-state index contributed by atoms with van der Waals surface area (Å²) in [5.41, 5.74) is 6.25. The van der Waals surface area contributed by atoms with Gasteiger partial charge in [-0.15, -0.1) is 0 Å². The predicted molar refractivity (Wildman–Crippen MR) is 77.0 cm³/mol. The van der Waals surface area contributed by atoms with E-state index in [9.17, 15) is 8.42 Å². The SMILES string of the molecule is NC(CCCCNS(=O)(=O)CCc1ccncc1)=NO. The van der Waals surface area contributed by atoms with E-state index in [0.717, 1.165) is 5.56 Å². The van der Waals surface area contributed by atoms with E-state index in [2.05, 4.69) is 14.9 Å². The number of rotatable bonds is 9. The van der Waals surface area contributed by atoms with Crippen LogP contribution in [0, 0.1) is 0 Å². The van der Waals surface area contributed by atoms with E-state index < -0.39 is 10.0 Å². The zero-order valence-electron chi connectivity index (χ0n) is 11.2. The molecule has 4 N–H and O–H groups in total. The van der Waals surface area contributed by atoms with Gasteiger partial charge in [0.25, 0.3) is 0 Å². The third-order valence-corrected chi connectivity index (χ3v) is 4.10. The van der Waals surface area contributed by atoms with Crippen molar-refractivity contribution in [2.24, 2.45) is 10.9 Å². The van der Waals surface area contributed by atoms with Crippen LogP contribution >= 0.6 is 0 Å². The smallest absolute Gasteiger partial charge is 0.211 e. The minimum absolute atomic E-state index is 0.0528. The van der Waals surface area contributed by atoms with Crippen molar-refractivity contribution in [3.63, 3.8) is 0 Å². The zero-order valence-corrected chi connectivity index (χ0v) is 12.0. The summed E-state index contributed by atoms with van der Waals surface area (Å²) in [4.78, 5) is 3.88. The van der Waals surface area contributed by atoms with Gasteiger partial charge < -0.3 is 10.9 Å². The van der Waals surface area contributed by atoms with Crippen molar-refractivity contribution >= 4 is 15.9 Å². The molecule has 0 fully saturated rings. The van der Waals surface area contributed by atoms with Gasteiger partial charge in [0, 0.05) is 25.4 Å². The van der Waals surface area contributed by atoms with Gasteiger partial charge in [0.1, 0.15) is 5.84 Å². The lowest BCUT2D eigenvalue weighted by Gasteiger charge is -2.06. The lowest BCUT2D eigenvalue weighted by Crippen LogP contribution is -2.28. The molecule has 0 saturated heterocycles. The first-order chi connectivity index (χ1) is 9.53. The molecule has 7 nitrogen and oxygen atoms in total. The molecule has 0 aliphatic heterocycles. The number of unbranched alkanes of at least 4 members (excludes halogenated alkanes) is 1. The Balaban J connectivity index is 2.22. The van der Waals surface area contributed by atoms with E-state index in [-0.39, 0.29) is 11.6 Å². The highest BCUT2D eigenvalue weighted by Gasteiger charge is 2.09. The Labute approximate surface area is 118 Å². The third kappa shape index (κ3) is 7.05. The predicted octanol–water partition coefficient (Wildman–Crippen LogP) is 0.460. The first kappa shape index (κ1) is 16.4. The van der Waals surface area contributed by atoms with Gasteiger partial charge in [0.05, 0.1) is 5.75 Å². The van der Waals surface area contributed by atoms with Crippen LogP contribution in [-0.4, -0.2) is 36.7 Å². The van der Waals surface area contributed by atoms with Crippen LogP contribution in [0.3, 0.4) is 0 Å². The van der Waals surface area contributed by atoms with Gasteiger partial charge in [-0.2, -0.15) is 0 Å². The fourth-order valence-electron chi connectivity index (χ4n) is 1.58. The zero-order chi connectivity index (χ0) is 14.8. The average molecular weight is 300 g/mol.